The number of hydrogen-bond donors (Lipinski definition) is 1. The maximum absolute atomic E-state index is 13.4. The van der Waals surface area contributed by atoms with Crippen LogP contribution in [0.5, 0.6) is 5.75 Å². The van der Waals surface area contributed by atoms with Crippen LogP contribution in [0.3, 0.4) is 0 Å². The fourth-order valence-corrected chi connectivity index (χ4v) is 6.51. The molecule has 1 amide bonds. The van der Waals surface area contributed by atoms with E-state index in [0.29, 0.717) is 30.8 Å². The van der Waals surface area contributed by atoms with Gasteiger partial charge in [-0.2, -0.15) is 4.31 Å². The van der Waals surface area contributed by atoms with Crippen LogP contribution in [0.15, 0.2) is 53.4 Å². The van der Waals surface area contributed by atoms with Gasteiger partial charge in [-0.05, 0) is 56.0 Å². The monoisotopic (exact) mass is 476 g/mol. The van der Waals surface area contributed by atoms with Crippen LogP contribution in [-0.4, -0.2) is 36.8 Å². The Hall–Kier alpha value is -2.09. The first kappa shape index (κ1) is 23.1. The highest BCUT2D eigenvalue weighted by atomic mass is 35.5. The van der Waals surface area contributed by atoms with E-state index in [1.54, 1.807) is 12.1 Å². The van der Waals surface area contributed by atoms with Crippen molar-refractivity contribution in [1.82, 2.24) is 9.62 Å². The Labute approximate surface area is 195 Å². The van der Waals surface area contributed by atoms with Crippen molar-refractivity contribution >= 4 is 27.5 Å². The normalized spacial score (nSPS) is 22.7. The first-order valence-corrected chi connectivity index (χ1v) is 13.0. The molecule has 2 heterocycles. The predicted octanol–water partition coefficient (Wildman–Crippen LogP) is 4.69. The third-order valence-electron chi connectivity index (χ3n) is 6.73. The number of hydrogen-bond acceptors (Lipinski definition) is 4. The summed E-state index contributed by atoms with van der Waals surface area (Å²) in [6.45, 7) is 4.50. The second-order valence-corrected chi connectivity index (χ2v) is 10.8. The maximum atomic E-state index is 13.4. The Morgan fingerprint density at radius 2 is 1.84 bits per heavy atom. The maximum Gasteiger partial charge on any atom is 0.243 e. The molecule has 0 aromatic heterocycles. The third-order valence-corrected chi connectivity index (χ3v) is 8.90. The molecule has 6 nitrogen and oxygen atoms in total. The Morgan fingerprint density at radius 1 is 1.16 bits per heavy atom. The molecule has 2 aliphatic heterocycles. The van der Waals surface area contributed by atoms with Gasteiger partial charge in [-0.15, -0.1) is 0 Å². The number of amides is 1. The summed E-state index contributed by atoms with van der Waals surface area (Å²) in [5, 5.41) is 3.62. The molecule has 0 unspecified atom stereocenters. The zero-order valence-electron chi connectivity index (χ0n) is 18.4. The van der Waals surface area contributed by atoms with Gasteiger partial charge in [0.25, 0.3) is 0 Å². The van der Waals surface area contributed by atoms with Crippen LogP contribution in [0.4, 0.5) is 0 Å². The zero-order chi connectivity index (χ0) is 22.9. The number of carbonyl (C=O) groups excluding carboxylic acids is 1. The summed E-state index contributed by atoms with van der Waals surface area (Å²) in [6, 6.07) is 12.9. The lowest BCUT2D eigenvalue weighted by Crippen LogP contribution is -2.50. The van der Waals surface area contributed by atoms with Crippen LogP contribution in [-0.2, 0) is 14.8 Å². The highest BCUT2D eigenvalue weighted by molar-refractivity contribution is 7.89. The van der Waals surface area contributed by atoms with Crippen molar-refractivity contribution in [2.75, 3.05) is 6.54 Å². The molecule has 8 heteroatoms. The fraction of sp³-hybridized carbons (Fsp3) is 0.458. The number of sulfonamides is 1. The van der Waals surface area contributed by atoms with E-state index < -0.39 is 16.1 Å². The van der Waals surface area contributed by atoms with Gasteiger partial charge in [-0.25, -0.2) is 8.42 Å². The van der Waals surface area contributed by atoms with E-state index in [2.05, 4.69) is 19.2 Å². The minimum Gasteiger partial charge on any atom is -0.487 e. The van der Waals surface area contributed by atoms with Crippen LogP contribution in [0.25, 0.3) is 0 Å². The smallest absolute Gasteiger partial charge is 0.243 e. The molecule has 2 atom stereocenters. The summed E-state index contributed by atoms with van der Waals surface area (Å²) in [5.41, 5.74) is 0.584. The quantitative estimate of drug-likeness (QED) is 0.656. The lowest BCUT2D eigenvalue weighted by Gasteiger charge is -2.42. The van der Waals surface area contributed by atoms with Crippen LogP contribution >= 0.6 is 11.6 Å². The van der Waals surface area contributed by atoms with Crippen molar-refractivity contribution in [3.05, 3.63) is 59.1 Å². The van der Waals surface area contributed by atoms with Crippen molar-refractivity contribution in [2.24, 2.45) is 0 Å². The van der Waals surface area contributed by atoms with Gasteiger partial charge in [0.2, 0.25) is 15.9 Å². The molecule has 2 aromatic rings. The number of carbonyl (C=O) groups is 1. The van der Waals surface area contributed by atoms with Crippen molar-refractivity contribution in [3.63, 3.8) is 0 Å². The molecular weight excluding hydrogens is 448 g/mol. The van der Waals surface area contributed by atoms with E-state index in [1.165, 1.54) is 16.4 Å². The molecule has 0 saturated carbocycles. The van der Waals surface area contributed by atoms with E-state index in [0.717, 1.165) is 24.2 Å². The topological polar surface area (TPSA) is 75.7 Å². The fourth-order valence-electron chi connectivity index (χ4n) is 4.73. The Balaban J connectivity index is 1.58. The van der Waals surface area contributed by atoms with Crippen molar-refractivity contribution in [1.29, 1.82) is 0 Å². The van der Waals surface area contributed by atoms with Crippen LogP contribution in [0.1, 0.15) is 57.6 Å². The Bertz CT molecular complexity index is 1080. The standard InChI is InChI=1S/C24H29ClN2O4S/c1-3-24(4-2)16-20(19-8-5-6-10-22(19)31-24)26-23(28)21-9-7-15-27(21)32(29,30)18-13-11-17(25)12-14-18/h5-6,8,10-14,20-21H,3-4,7,9,15-16H2,1-2H3,(H,26,28)/t20-,21-/m1/s1. The summed E-state index contributed by atoms with van der Waals surface area (Å²) in [5.74, 6) is 0.521. The molecule has 0 spiro atoms. The van der Waals surface area contributed by atoms with E-state index in [1.807, 2.05) is 24.3 Å². The minimum atomic E-state index is -3.79. The summed E-state index contributed by atoms with van der Waals surface area (Å²) >= 11 is 5.91. The van der Waals surface area contributed by atoms with E-state index in [4.69, 9.17) is 16.3 Å². The number of nitrogens with one attached hydrogen (secondary N) is 1. The van der Waals surface area contributed by atoms with Crippen LogP contribution < -0.4 is 10.1 Å². The molecule has 1 saturated heterocycles. The van der Waals surface area contributed by atoms with Crippen molar-refractivity contribution in [2.45, 2.75) is 68.5 Å². The highest BCUT2D eigenvalue weighted by Gasteiger charge is 2.43. The van der Waals surface area contributed by atoms with E-state index in [-0.39, 0.29) is 22.4 Å². The van der Waals surface area contributed by atoms with Gasteiger partial charge in [-0.1, -0.05) is 43.6 Å². The largest absolute Gasteiger partial charge is 0.487 e. The van der Waals surface area contributed by atoms with Gasteiger partial charge in [0, 0.05) is 23.6 Å². The van der Waals surface area contributed by atoms with Crippen molar-refractivity contribution in [3.8, 4) is 5.75 Å². The van der Waals surface area contributed by atoms with Crippen LogP contribution in [0, 0.1) is 0 Å². The first-order valence-electron chi connectivity index (χ1n) is 11.2. The highest BCUT2D eigenvalue weighted by Crippen LogP contribution is 2.43. The molecule has 172 valence electrons. The second-order valence-electron chi connectivity index (χ2n) is 8.52. The Kier molecular flexibility index (Phi) is 6.52. The SMILES string of the molecule is CCC1(CC)C[C@@H](NC(=O)[C@H]2CCCN2S(=O)(=O)c2ccc(Cl)cc2)c2ccccc2O1. The van der Waals surface area contributed by atoms with Gasteiger partial charge >= 0.3 is 0 Å². The second kappa shape index (κ2) is 9.04. The summed E-state index contributed by atoms with van der Waals surface area (Å²) in [4.78, 5) is 13.5. The van der Waals surface area contributed by atoms with Gasteiger partial charge in [0.1, 0.15) is 17.4 Å². The molecule has 1 N–H and O–H groups in total. The zero-order valence-corrected chi connectivity index (χ0v) is 20.0. The summed E-state index contributed by atoms with van der Waals surface area (Å²) in [6.07, 6.45) is 3.44. The third kappa shape index (κ3) is 4.26. The van der Waals surface area contributed by atoms with Gasteiger partial charge in [-0.3, -0.25) is 4.79 Å². The molecule has 1 fully saturated rings. The molecule has 0 aliphatic carbocycles. The molecule has 2 aliphatic rings. The number of para-hydroxylation sites is 1. The molecule has 0 radical (unpaired) electrons. The molecule has 4 rings (SSSR count). The summed E-state index contributed by atoms with van der Waals surface area (Å²) < 4.78 is 34.1. The van der Waals surface area contributed by atoms with E-state index >= 15 is 0 Å². The van der Waals surface area contributed by atoms with E-state index in [9.17, 15) is 13.2 Å². The lowest BCUT2D eigenvalue weighted by molar-refractivity contribution is -0.125. The molecule has 0 bridgehead atoms. The van der Waals surface area contributed by atoms with Gasteiger partial charge < -0.3 is 10.1 Å². The van der Waals surface area contributed by atoms with Crippen LogP contribution in [0.2, 0.25) is 5.02 Å². The molecule has 32 heavy (non-hydrogen) atoms. The first-order chi connectivity index (χ1) is 15.3. The Morgan fingerprint density at radius 3 is 2.53 bits per heavy atom. The summed E-state index contributed by atoms with van der Waals surface area (Å²) in [7, 11) is -3.79. The molecule has 2 aromatic carbocycles. The number of nitrogens with zero attached hydrogens (tertiary/aromatic N) is 1. The molecular formula is C24H29ClN2O4S. The number of rotatable bonds is 6. The lowest BCUT2D eigenvalue weighted by atomic mass is 9.83. The number of ether oxygens (including phenoxy) is 1. The average Bonchev–Trinajstić information content (AvgIpc) is 3.30. The minimum absolute atomic E-state index is 0.147. The number of halogens is 1. The number of fused-ring (bicyclic) bond motifs is 1. The average molecular weight is 477 g/mol. The number of benzene rings is 2. The van der Waals surface area contributed by atoms with Gasteiger partial charge in [0.05, 0.1) is 10.9 Å². The predicted molar refractivity (Wildman–Crippen MR) is 124 cm³/mol. The van der Waals surface area contributed by atoms with Gasteiger partial charge in [0.15, 0.2) is 0 Å². The van der Waals surface area contributed by atoms with Crippen molar-refractivity contribution < 1.29 is 17.9 Å².